The normalized spacial score (nSPS) is 17.1. The Morgan fingerprint density at radius 3 is 1.14 bits per heavy atom. The Morgan fingerprint density at radius 1 is 0.590 bits per heavy atom. The number of nitrogens with zero attached hydrogens (tertiary/aromatic N) is 11. The number of amidine groups is 4. The van der Waals surface area contributed by atoms with Gasteiger partial charge in [-0.2, -0.15) is 5.26 Å². The van der Waals surface area contributed by atoms with Gasteiger partial charge in [-0.25, -0.2) is 0 Å². The van der Waals surface area contributed by atoms with Gasteiger partial charge in [0.2, 0.25) is 5.69 Å². The Kier molecular flexibility index (Phi) is 32.9. The molecule has 33 nitrogen and oxygen atoms in total. The zero-order valence-electron chi connectivity index (χ0n) is 59.5. The Labute approximate surface area is 610 Å². The number of nitrogens with one attached hydrogen (secondary N) is 2. The van der Waals surface area contributed by atoms with Crippen LogP contribution < -0.4 is 41.3 Å². The van der Waals surface area contributed by atoms with E-state index in [1.54, 1.807) is 138 Å². The number of nitro groups is 4. The number of aliphatic carboxylic acids is 2. The first-order chi connectivity index (χ1) is 43.3. The summed E-state index contributed by atoms with van der Waals surface area (Å²) in [5.74, 6) is -3.74. The van der Waals surface area contributed by atoms with Crippen molar-refractivity contribution < 1.29 is 129 Å². The van der Waals surface area contributed by atoms with Gasteiger partial charge in [-0.15, -0.1) is 12.7 Å². The molecule has 0 bridgehead atoms. The molecule has 4 heterocycles. The summed E-state index contributed by atoms with van der Waals surface area (Å²) in [5, 5.41) is 148. The van der Waals surface area contributed by atoms with E-state index >= 15 is 0 Å². The number of nitriles is 1. The number of nitroso groups, excluding NO2 is 2. The number of hydrogen-bond acceptors (Lipinski definition) is 25. The van der Waals surface area contributed by atoms with Crippen molar-refractivity contribution in [2.24, 2.45) is 20.8 Å². The number of carbonyl (C=O) groups is 2. The summed E-state index contributed by atoms with van der Waals surface area (Å²) in [7, 11) is 0. The molecule has 4 aliphatic heterocycles. The van der Waals surface area contributed by atoms with E-state index in [0.29, 0.717) is 25.0 Å². The van der Waals surface area contributed by atoms with Crippen molar-refractivity contribution in [1.82, 2.24) is 10.6 Å². The smallest absolute Gasteiger partial charge is 0.872 e. The number of non-ortho nitro benzene ring substituents is 4. The van der Waals surface area contributed by atoms with Crippen LogP contribution >= 0.6 is 0 Å². The fraction of sp³-hybridized carbons (Fsp3) is 0.484. The maximum Gasteiger partial charge on any atom is 2.00 e. The summed E-state index contributed by atoms with van der Waals surface area (Å²) in [4.78, 5) is 93.8. The minimum Gasteiger partial charge on any atom is -0.872 e. The number of hydroxylamine groups is 2. The van der Waals surface area contributed by atoms with E-state index in [4.69, 9.17) is 5.26 Å². The molecule has 0 atom stereocenters. The molecule has 4 aliphatic rings. The molecule has 551 valence electrons. The quantitative estimate of drug-likeness (QED) is 0.0670. The molecule has 2 N–H and O–H groups in total. The van der Waals surface area contributed by atoms with Crippen LogP contribution in [0.2, 0.25) is 0 Å². The van der Waals surface area contributed by atoms with Crippen molar-refractivity contribution in [2.45, 2.75) is 191 Å². The summed E-state index contributed by atoms with van der Waals surface area (Å²) in [6.07, 6.45) is 0. The molecule has 0 spiro atoms. The van der Waals surface area contributed by atoms with E-state index in [9.17, 15) is 101 Å². The summed E-state index contributed by atoms with van der Waals surface area (Å²) in [6, 6.07) is 15.7. The van der Waals surface area contributed by atoms with Crippen molar-refractivity contribution in [3.05, 3.63) is 169 Å². The molecule has 0 unspecified atom stereocenters. The van der Waals surface area contributed by atoms with Crippen LogP contribution in [0.3, 0.4) is 0 Å². The Balaban J connectivity index is -0.00000115. The molecule has 0 saturated carbocycles. The summed E-state index contributed by atoms with van der Waals surface area (Å²) in [6.45, 7) is 37.4. The molecular weight excluding hydrogens is 1450 g/mol. The maximum absolute atomic E-state index is 12.4. The number of nitro benzene ring substituents is 4. The summed E-state index contributed by atoms with van der Waals surface area (Å²) >= 11 is 0. The number of rotatable bonds is 8. The molecular formula is C64H83Co3N13O20. The number of hydrogen-bond donors (Lipinski definition) is 2. The first kappa shape index (κ1) is 94.9. The number of carboxylic acids is 2. The van der Waals surface area contributed by atoms with Crippen LogP contribution in [0.5, 0.6) is 23.0 Å². The topological polar surface area (TPSA) is 510 Å². The predicted octanol–water partition coefficient (Wildman–Crippen LogP) is 6.01. The average molecular weight is 1530 g/mol. The first-order valence-corrected chi connectivity index (χ1v) is 29.1. The first-order valence-electron chi connectivity index (χ1n) is 29.1. The minimum atomic E-state index is -1.01. The van der Waals surface area contributed by atoms with Gasteiger partial charge in [0.1, 0.15) is 11.1 Å². The van der Waals surface area contributed by atoms with Crippen LogP contribution in [0.15, 0.2) is 82.8 Å². The number of carboxylic acid groups (broad SMARTS) is 2. The molecule has 0 aromatic heterocycles. The maximum atomic E-state index is 12.4. The van der Waals surface area contributed by atoms with E-state index in [1.165, 1.54) is 6.92 Å². The van der Waals surface area contributed by atoms with Gasteiger partial charge in [-0.1, -0.05) is 109 Å². The van der Waals surface area contributed by atoms with Crippen LogP contribution in [0.25, 0.3) is 0 Å². The van der Waals surface area contributed by atoms with Gasteiger partial charge < -0.3 is 63.4 Å². The van der Waals surface area contributed by atoms with Crippen molar-refractivity contribution in [3.63, 3.8) is 0 Å². The molecule has 3 radical (unpaired) electrons. The summed E-state index contributed by atoms with van der Waals surface area (Å²) < 4.78 is 2.71. The fourth-order valence-electron chi connectivity index (χ4n) is 7.71. The van der Waals surface area contributed by atoms with E-state index in [0.717, 1.165) is 72.8 Å². The van der Waals surface area contributed by atoms with Crippen LogP contribution in [0.1, 0.15) is 175 Å². The second kappa shape index (κ2) is 34.7. The second-order valence-electron chi connectivity index (χ2n) is 27.6. The largest absolute Gasteiger partial charge is 2.00 e. The second-order valence-corrected chi connectivity index (χ2v) is 27.6. The number of carbonyl (C=O) groups excluding carboxylic acids is 2. The molecule has 0 saturated heterocycles. The average Bonchev–Trinajstić information content (AvgIpc) is 1.62. The SMILES string of the molecule is CC#N.CC(C)(C)C(=O)[O-].CC(C)(C)C(=O)[O-].CC1(C)N=C(c2cc([N+](=O)[O-])ccc2[O-])[N+](=O)C1(C)C.CC1(C)N=C(c2cc([N+](=O)[O-])ccc2[O-])[N+](=O)C1(C)C.CC1(C)NC(c2cc([N+](=O)[O-])ccc2[O-])=[N+]([O-])C1(C)C.C[C-]1NC(c2c[c-]([N+](=O)[O-])cc[c+]2[O-])=[N+]([O-])C1(C)C.[CH3-].[Co+2].[Co+2].[Co+2]. The van der Waals surface area contributed by atoms with Gasteiger partial charge in [0.15, 0.2) is 22.2 Å². The molecule has 4 aromatic rings. The third-order valence-corrected chi connectivity index (χ3v) is 16.7. The molecule has 4 aromatic carbocycles. The molecule has 0 aliphatic carbocycles. The Bertz CT molecular complexity index is 3710. The monoisotopic (exact) mass is 1530 g/mol. The van der Waals surface area contributed by atoms with Gasteiger partial charge in [-0.05, 0) is 113 Å². The summed E-state index contributed by atoms with van der Waals surface area (Å²) in [5.41, 5.74) is -7.54. The van der Waals surface area contributed by atoms with E-state index < -0.39 is 104 Å². The molecule has 0 fully saturated rings. The van der Waals surface area contributed by atoms with Crippen LogP contribution in [-0.4, -0.2) is 113 Å². The van der Waals surface area contributed by atoms with Gasteiger partial charge >= 0.3 is 62.0 Å². The van der Waals surface area contributed by atoms with E-state index in [-0.39, 0.29) is 126 Å². The molecule has 8 rings (SSSR count). The van der Waals surface area contributed by atoms with Crippen molar-refractivity contribution in [3.8, 4) is 29.1 Å². The Hall–Kier alpha value is -9.29. The van der Waals surface area contributed by atoms with Gasteiger partial charge in [-0.3, -0.25) is 55.3 Å². The molecule has 100 heavy (non-hydrogen) atoms. The molecule has 36 heteroatoms. The van der Waals surface area contributed by atoms with E-state index in [1.807, 2.05) is 13.8 Å². The number of benzene rings is 4. The van der Waals surface area contributed by atoms with Crippen LogP contribution in [0.4, 0.5) is 22.7 Å². The van der Waals surface area contributed by atoms with Crippen LogP contribution in [0, 0.1) is 96.3 Å². The third-order valence-electron chi connectivity index (χ3n) is 16.7. The van der Waals surface area contributed by atoms with Crippen molar-refractivity contribution in [2.75, 3.05) is 0 Å². The van der Waals surface area contributed by atoms with Crippen molar-refractivity contribution >= 4 is 58.0 Å². The third kappa shape index (κ3) is 21.4. The Morgan fingerprint density at radius 2 is 0.900 bits per heavy atom. The standard InChI is InChI=1S/C13H17N3O4.2C13H15N3O4.C12H13N3O4.2C5H10O2.C2H3N.CH3.3Co/c3*1-12(2)13(3,4)15(18)11(14-12)9-7-8(16(19)20)5-6-10(9)17;1-7-12(2,3)14(17)11(13-7)9-6-8(15(18)19)4-5-10(9)16;2*1-5(2,3)4(6)7;1-2-3;;;;/h5-7,14,17H,1-4H3;2*5-7H,1-4H3;4-6,13H,1-3H3;2*1-3H3,(H,6,7);1H3;1H3;;;/q;;;-2;;;;-1;3*+2/p-3. The molecule has 0 amide bonds. The van der Waals surface area contributed by atoms with Gasteiger partial charge in [0, 0.05) is 82.6 Å². The van der Waals surface area contributed by atoms with Crippen LogP contribution in [-0.2, 0) is 59.9 Å². The minimum absolute atomic E-state index is 0. The zero-order chi connectivity index (χ0) is 75.1. The van der Waals surface area contributed by atoms with Crippen molar-refractivity contribution in [1.29, 1.82) is 5.26 Å². The fourth-order valence-corrected chi connectivity index (χ4v) is 7.71. The van der Waals surface area contributed by atoms with E-state index in [2.05, 4.69) is 20.6 Å². The predicted molar refractivity (Wildman–Crippen MR) is 346 cm³/mol. The van der Waals surface area contributed by atoms with Gasteiger partial charge in [0.25, 0.3) is 28.7 Å². The number of aliphatic imine (C=N–C) groups is 2. The van der Waals surface area contributed by atoms with Gasteiger partial charge in [0.05, 0.1) is 43.1 Å². The zero-order valence-corrected chi connectivity index (χ0v) is 62.6.